The van der Waals surface area contributed by atoms with Crippen LogP contribution in [0.4, 0.5) is 0 Å². The fraction of sp³-hybridized carbons (Fsp3) is 0.321. The molecule has 1 rings (SSSR count). The van der Waals surface area contributed by atoms with E-state index in [1.807, 2.05) is 38.3 Å². The Kier molecular flexibility index (Phi) is 13.2. The van der Waals surface area contributed by atoms with Crippen LogP contribution in [0.1, 0.15) is 53.4 Å². The topological polar surface area (TPSA) is 60.5 Å². The average molecular weight is 463 g/mol. The van der Waals surface area contributed by atoms with Crippen LogP contribution in [0.3, 0.4) is 0 Å². The fourth-order valence-corrected chi connectivity index (χ4v) is 3.25. The van der Waals surface area contributed by atoms with Gasteiger partial charge in [-0.3, -0.25) is 4.99 Å². The number of aliphatic imine (C=N–C) groups is 2. The molecule has 174 valence electrons. The maximum absolute atomic E-state index is 8.47. The number of hydrogen-bond acceptors (Lipinski definition) is 3. The molecule has 1 N–H and O–H groups in total. The number of hydrogen-bond donors (Lipinski definition) is 1. The molecule has 0 aromatic rings. The minimum Gasteiger partial charge on any atom is -0.344 e. The number of nitrogens with zero attached hydrogens (tertiary/aromatic N) is 3. The third-order valence-corrected chi connectivity index (χ3v) is 5.29. The van der Waals surface area contributed by atoms with Crippen LogP contribution in [0.2, 0.25) is 0 Å². The van der Waals surface area contributed by atoms with E-state index >= 15 is 0 Å². The Morgan fingerprint density at radius 2 is 2.06 bits per heavy atom. The lowest BCUT2D eigenvalue weighted by Crippen LogP contribution is -2.17. The van der Waals surface area contributed by atoms with Crippen LogP contribution in [0.25, 0.3) is 0 Å². The maximum Gasteiger partial charge on any atom is 0.103 e. The van der Waals surface area contributed by atoms with Gasteiger partial charge in [0.05, 0.1) is 12.1 Å². The molecule has 0 amide bonds. The van der Waals surface area contributed by atoms with E-state index in [1.54, 1.807) is 18.2 Å². The van der Waals surface area contributed by atoms with Crippen molar-refractivity contribution in [2.24, 2.45) is 9.98 Å². The summed E-state index contributed by atoms with van der Waals surface area (Å²) >= 11 is 6.52. The molecule has 1 unspecified atom stereocenters. The summed E-state index contributed by atoms with van der Waals surface area (Å²) in [6.07, 6.45) is 20.0. The van der Waals surface area contributed by atoms with Gasteiger partial charge in [0.15, 0.2) is 0 Å². The highest BCUT2D eigenvalue weighted by Gasteiger charge is 2.16. The Morgan fingerprint density at radius 3 is 2.76 bits per heavy atom. The van der Waals surface area contributed by atoms with Gasteiger partial charge in [-0.15, -0.1) is 0 Å². The van der Waals surface area contributed by atoms with E-state index in [1.165, 1.54) is 17.2 Å². The largest absolute Gasteiger partial charge is 0.344 e. The number of halogens is 1. The van der Waals surface area contributed by atoms with Crippen molar-refractivity contribution in [1.29, 1.82) is 5.26 Å². The summed E-state index contributed by atoms with van der Waals surface area (Å²) in [5, 5.41) is 12.4. The zero-order valence-corrected chi connectivity index (χ0v) is 21.0. The second-order valence-corrected chi connectivity index (χ2v) is 8.22. The fourth-order valence-electron chi connectivity index (χ4n) is 3.01. The Balaban J connectivity index is 2.65. The summed E-state index contributed by atoms with van der Waals surface area (Å²) < 4.78 is 0. The summed E-state index contributed by atoms with van der Waals surface area (Å²) in [4.78, 5) is 9.17. The van der Waals surface area contributed by atoms with Gasteiger partial charge in [0, 0.05) is 41.6 Å². The standard InChI is InChI=1S/C28H35ClN4/c1-7-21(2)15-16-26-17-19-31-28(24(26)5)20-27(29)14-11-13-23(4)33-25(6)32-22(3)12-9-8-10-18-30/h8-10,12-16,19,28H,2-3,7,11,17,20H2,1,4-6H3,(H,32,33)/b10-8+,12-9-,16-15-,23-13?,27-14?. The molecule has 1 aliphatic heterocycles. The minimum absolute atomic E-state index is 0.0775. The molecular weight excluding hydrogens is 428 g/mol. The number of nitrogens with one attached hydrogen (secondary N) is 1. The highest BCUT2D eigenvalue weighted by Crippen LogP contribution is 2.26. The lowest BCUT2D eigenvalue weighted by atomic mass is 9.94. The lowest BCUT2D eigenvalue weighted by Gasteiger charge is -2.20. The molecule has 0 saturated carbocycles. The van der Waals surface area contributed by atoms with Gasteiger partial charge in [-0.25, -0.2) is 4.99 Å². The van der Waals surface area contributed by atoms with E-state index in [9.17, 15) is 0 Å². The van der Waals surface area contributed by atoms with Gasteiger partial charge in [-0.1, -0.05) is 73.7 Å². The van der Waals surface area contributed by atoms with Gasteiger partial charge in [0.25, 0.3) is 0 Å². The van der Waals surface area contributed by atoms with Gasteiger partial charge < -0.3 is 5.32 Å². The van der Waals surface area contributed by atoms with Crippen LogP contribution >= 0.6 is 11.6 Å². The second-order valence-electron chi connectivity index (χ2n) is 7.74. The van der Waals surface area contributed by atoms with Crippen molar-refractivity contribution < 1.29 is 0 Å². The third-order valence-electron chi connectivity index (χ3n) is 4.98. The molecule has 0 aromatic carbocycles. The van der Waals surface area contributed by atoms with Crippen molar-refractivity contribution in [2.45, 2.75) is 59.4 Å². The molecule has 0 bridgehead atoms. The van der Waals surface area contributed by atoms with E-state index in [2.05, 4.69) is 54.5 Å². The molecule has 1 aliphatic rings. The molecular formula is C28H35ClN4. The van der Waals surface area contributed by atoms with Crippen molar-refractivity contribution in [3.8, 4) is 6.07 Å². The van der Waals surface area contributed by atoms with Gasteiger partial charge in [-0.05, 0) is 50.8 Å². The second kappa shape index (κ2) is 15.6. The van der Waals surface area contributed by atoms with Gasteiger partial charge in [0.1, 0.15) is 5.84 Å². The molecule has 0 saturated heterocycles. The summed E-state index contributed by atoms with van der Waals surface area (Å²) in [5.74, 6) is 0.737. The number of amidine groups is 1. The number of rotatable bonds is 11. The molecule has 0 radical (unpaired) electrons. The molecule has 4 nitrogen and oxygen atoms in total. The first-order chi connectivity index (χ1) is 15.8. The molecule has 1 heterocycles. The van der Waals surface area contributed by atoms with E-state index in [4.69, 9.17) is 16.9 Å². The Morgan fingerprint density at radius 1 is 1.30 bits per heavy atom. The Bertz CT molecular complexity index is 991. The molecule has 0 aromatic heterocycles. The quantitative estimate of drug-likeness (QED) is 0.148. The van der Waals surface area contributed by atoms with Gasteiger partial charge in [-0.2, -0.15) is 5.26 Å². The van der Waals surface area contributed by atoms with Crippen molar-refractivity contribution in [3.63, 3.8) is 0 Å². The Labute approximate surface area is 204 Å². The van der Waals surface area contributed by atoms with Crippen LogP contribution < -0.4 is 5.32 Å². The predicted molar refractivity (Wildman–Crippen MR) is 144 cm³/mol. The third kappa shape index (κ3) is 11.9. The highest BCUT2D eigenvalue weighted by molar-refractivity contribution is 6.29. The van der Waals surface area contributed by atoms with Crippen LogP contribution in [0.15, 0.2) is 105 Å². The average Bonchev–Trinajstić information content (AvgIpc) is 2.76. The Hall–Kier alpha value is -3.16. The highest BCUT2D eigenvalue weighted by atomic mass is 35.5. The van der Waals surface area contributed by atoms with E-state index in [-0.39, 0.29) is 6.04 Å². The van der Waals surface area contributed by atoms with Crippen LogP contribution in [0.5, 0.6) is 0 Å². The first kappa shape index (κ1) is 27.9. The van der Waals surface area contributed by atoms with E-state index < -0.39 is 0 Å². The summed E-state index contributed by atoms with van der Waals surface area (Å²) in [5.41, 5.74) is 5.26. The van der Waals surface area contributed by atoms with Crippen molar-refractivity contribution in [1.82, 2.24) is 5.32 Å². The summed E-state index contributed by atoms with van der Waals surface area (Å²) in [6.45, 7) is 16.0. The van der Waals surface area contributed by atoms with Gasteiger partial charge >= 0.3 is 0 Å². The van der Waals surface area contributed by atoms with Gasteiger partial charge in [0.2, 0.25) is 0 Å². The SMILES string of the molecule is C=C(/C=C\C1=C(C)C(CC(Cl)=CCC=C(C)N=C(C)NC(=C)/C=C\C=C\C#N)N=CC1)CC. The van der Waals surface area contributed by atoms with Crippen LogP contribution in [0, 0.1) is 11.3 Å². The minimum atomic E-state index is 0.0775. The number of dihydropyridines is 1. The first-order valence-corrected chi connectivity index (χ1v) is 11.5. The predicted octanol–water partition coefficient (Wildman–Crippen LogP) is 7.63. The first-order valence-electron chi connectivity index (χ1n) is 11.1. The molecule has 0 spiro atoms. The summed E-state index contributed by atoms with van der Waals surface area (Å²) in [6, 6.07) is 2.01. The normalized spacial score (nSPS) is 17.9. The van der Waals surface area contributed by atoms with Crippen LogP contribution in [-0.2, 0) is 0 Å². The van der Waals surface area contributed by atoms with Crippen LogP contribution in [-0.4, -0.2) is 18.1 Å². The molecule has 33 heavy (non-hydrogen) atoms. The smallest absolute Gasteiger partial charge is 0.103 e. The molecule has 5 heteroatoms. The molecule has 0 fully saturated rings. The zero-order valence-electron chi connectivity index (χ0n) is 20.2. The van der Waals surface area contributed by atoms with Crippen molar-refractivity contribution in [3.05, 3.63) is 94.9 Å². The number of allylic oxidation sites excluding steroid dienone is 11. The van der Waals surface area contributed by atoms with Crippen molar-refractivity contribution in [2.75, 3.05) is 0 Å². The zero-order chi connectivity index (χ0) is 24.6. The monoisotopic (exact) mass is 462 g/mol. The van der Waals surface area contributed by atoms with E-state index in [0.717, 1.165) is 35.0 Å². The lowest BCUT2D eigenvalue weighted by molar-refractivity contribution is 0.757. The molecule has 1 atom stereocenters. The van der Waals surface area contributed by atoms with E-state index in [0.29, 0.717) is 18.5 Å². The summed E-state index contributed by atoms with van der Waals surface area (Å²) in [7, 11) is 0. The number of nitriles is 1. The maximum atomic E-state index is 8.47. The van der Waals surface area contributed by atoms with Crippen molar-refractivity contribution >= 4 is 23.7 Å². The molecule has 0 aliphatic carbocycles.